The van der Waals surface area contributed by atoms with Gasteiger partial charge in [-0.2, -0.15) is 0 Å². The number of methoxy groups -OCH3 is 1. The molecule has 6 nitrogen and oxygen atoms in total. The molecule has 1 aliphatic carbocycles. The van der Waals surface area contributed by atoms with E-state index < -0.39 is 40.1 Å². The van der Waals surface area contributed by atoms with Crippen molar-refractivity contribution >= 4 is 16.0 Å². The molecule has 0 unspecified atom stereocenters. The molecule has 2 aromatic carbocycles. The molecule has 1 aliphatic rings. The standard InChI is InChI=1S/C18H16F3NO5S/c1-26-17(23)15-10-11-4-2-3-5-14(11)16(15)22-28(24,25)13-8-6-12(7-9-13)27-18(19,20)21/h2-9,15-16,22H,10H2,1H3/t15-,16-/m0/s1. The van der Waals surface area contributed by atoms with Crippen LogP contribution in [0.1, 0.15) is 17.2 Å². The number of ether oxygens (including phenoxy) is 2. The van der Waals surface area contributed by atoms with Crippen LogP contribution in [0.5, 0.6) is 5.75 Å². The minimum Gasteiger partial charge on any atom is -0.469 e. The van der Waals surface area contributed by atoms with Gasteiger partial charge in [0.1, 0.15) is 5.75 Å². The summed E-state index contributed by atoms with van der Waals surface area (Å²) in [6.07, 6.45) is -4.56. The number of halogens is 3. The van der Waals surface area contributed by atoms with E-state index in [2.05, 4.69) is 9.46 Å². The van der Waals surface area contributed by atoms with E-state index >= 15 is 0 Å². The zero-order valence-electron chi connectivity index (χ0n) is 14.6. The van der Waals surface area contributed by atoms with E-state index in [1.165, 1.54) is 7.11 Å². The molecule has 2 atom stereocenters. The third-order valence-electron chi connectivity index (χ3n) is 4.39. The number of hydrogen-bond acceptors (Lipinski definition) is 5. The first-order valence-corrected chi connectivity index (χ1v) is 9.63. The van der Waals surface area contributed by atoms with Crippen LogP contribution in [0, 0.1) is 5.92 Å². The first-order valence-electron chi connectivity index (χ1n) is 8.14. The summed E-state index contributed by atoms with van der Waals surface area (Å²) in [6.45, 7) is 0. The fraction of sp³-hybridized carbons (Fsp3) is 0.278. The van der Waals surface area contributed by atoms with Gasteiger partial charge in [-0.25, -0.2) is 13.1 Å². The fourth-order valence-corrected chi connectivity index (χ4v) is 4.42. The lowest BCUT2D eigenvalue weighted by molar-refractivity contribution is -0.274. The number of hydrogen-bond donors (Lipinski definition) is 1. The average molecular weight is 415 g/mol. The number of sulfonamides is 1. The molecule has 0 heterocycles. The van der Waals surface area contributed by atoms with Crippen molar-refractivity contribution in [2.24, 2.45) is 5.92 Å². The van der Waals surface area contributed by atoms with Crippen molar-refractivity contribution in [3.8, 4) is 5.75 Å². The minimum atomic E-state index is -4.88. The van der Waals surface area contributed by atoms with Crippen LogP contribution in [0.15, 0.2) is 53.4 Å². The quantitative estimate of drug-likeness (QED) is 0.760. The normalized spacial score (nSPS) is 19.1. The van der Waals surface area contributed by atoms with Crippen LogP contribution < -0.4 is 9.46 Å². The van der Waals surface area contributed by atoms with E-state index in [0.717, 1.165) is 29.8 Å². The van der Waals surface area contributed by atoms with Gasteiger partial charge in [0, 0.05) is 0 Å². The Morgan fingerprint density at radius 1 is 1.11 bits per heavy atom. The Morgan fingerprint density at radius 3 is 2.36 bits per heavy atom. The van der Waals surface area contributed by atoms with Gasteiger partial charge in [-0.1, -0.05) is 24.3 Å². The molecule has 0 bridgehead atoms. The Balaban J connectivity index is 1.87. The molecule has 0 aromatic heterocycles. The van der Waals surface area contributed by atoms with Crippen LogP contribution in [0.3, 0.4) is 0 Å². The Hall–Kier alpha value is -2.59. The van der Waals surface area contributed by atoms with Crippen LogP contribution in [0.4, 0.5) is 13.2 Å². The number of fused-ring (bicyclic) bond motifs is 1. The highest BCUT2D eigenvalue weighted by Crippen LogP contribution is 2.38. The predicted molar refractivity (Wildman–Crippen MR) is 91.8 cm³/mol. The smallest absolute Gasteiger partial charge is 0.469 e. The Bertz CT molecular complexity index is 973. The van der Waals surface area contributed by atoms with Crippen molar-refractivity contribution in [1.82, 2.24) is 4.72 Å². The maximum Gasteiger partial charge on any atom is 0.573 e. The van der Waals surface area contributed by atoms with Gasteiger partial charge in [-0.3, -0.25) is 4.79 Å². The largest absolute Gasteiger partial charge is 0.573 e. The number of rotatable bonds is 5. The summed E-state index contributed by atoms with van der Waals surface area (Å²) in [5.41, 5.74) is 1.47. The van der Waals surface area contributed by atoms with Crippen LogP contribution in [-0.4, -0.2) is 27.9 Å². The van der Waals surface area contributed by atoms with E-state index in [9.17, 15) is 26.4 Å². The molecule has 3 rings (SSSR count). The second kappa shape index (κ2) is 7.44. The molecule has 0 saturated heterocycles. The van der Waals surface area contributed by atoms with Crippen LogP contribution in [0.25, 0.3) is 0 Å². The molecule has 0 amide bonds. The fourth-order valence-electron chi connectivity index (χ4n) is 3.17. The third-order valence-corrected chi connectivity index (χ3v) is 5.84. The average Bonchev–Trinajstić information content (AvgIpc) is 2.98. The summed E-state index contributed by atoms with van der Waals surface area (Å²) >= 11 is 0. The Morgan fingerprint density at radius 2 is 1.75 bits per heavy atom. The Labute approximate surface area is 159 Å². The van der Waals surface area contributed by atoms with Gasteiger partial charge in [-0.05, 0) is 41.8 Å². The van der Waals surface area contributed by atoms with Crippen molar-refractivity contribution in [3.63, 3.8) is 0 Å². The molecule has 0 saturated carbocycles. The minimum absolute atomic E-state index is 0.255. The molecular formula is C18H16F3NO5S. The van der Waals surface area contributed by atoms with Crippen molar-refractivity contribution in [1.29, 1.82) is 0 Å². The zero-order valence-corrected chi connectivity index (χ0v) is 15.4. The summed E-state index contributed by atoms with van der Waals surface area (Å²) in [5, 5.41) is 0. The van der Waals surface area contributed by atoms with Crippen LogP contribution in [0.2, 0.25) is 0 Å². The van der Waals surface area contributed by atoms with Crippen molar-refractivity contribution < 1.29 is 35.9 Å². The molecule has 10 heteroatoms. The first kappa shape index (κ1) is 20.2. The van der Waals surface area contributed by atoms with E-state index in [1.807, 2.05) is 0 Å². The third kappa shape index (κ3) is 4.28. The van der Waals surface area contributed by atoms with Crippen LogP contribution >= 0.6 is 0 Å². The molecule has 1 N–H and O–H groups in total. The molecule has 0 aliphatic heterocycles. The monoisotopic (exact) mass is 415 g/mol. The van der Waals surface area contributed by atoms with Crippen LogP contribution in [-0.2, 0) is 26.0 Å². The summed E-state index contributed by atoms with van der Waals surface area (Å²) in [6, 6.07) is 9.97. The van der Waals surface area contributed by atoms with Gasteiger partial charge in [-0.15, -0.1) is 13.2 Å². The highest BCUT2D eigenvalue weighted by Gasteiger charge is 2.40. The second-order valence-corrected chi connectivity index (χ2v) is 7.86. The van der Waals surface area contributed by atoms with Gasteiger partial charge in [0.25, 0.3) is 0 Å². The number of carbonyl (C=O) groups excluding carboxylic acids is 1. The summed E-state index contributed by atoms with van der Waals surface area (Å²) < 4.78 is 73.2. The topological polar surface area (TPSA) is 81.7 Å². The van der Waals surface area contributed by atoms with Gasteiger partial charge < -0.3 is 9.47 Å². The maximum atomic E-state index is 12.7. The highest BCUT2D eigenvalue weighted by atomic mass is 32.2. The molecule has 0 fully saturated rings. The van der Waals surface area contributed by atoms with E-state index in [4.69, 9.17) is 4.74 Å². The molecule has 0 radical (unpaired) electrons. The van der Waals surface area contributed by atoms with Gasteiger partial charge in [0.15, 0.2) is 0 Å². The predicted octanol–water partition coefficient (Wildman–Crippen LogP) is 2.95. The van der Waals surface area contributed by atoms with Gasteiger partial charge in [0.2, 0.25) is 10.0 Å². The molecule has 150 valence electrons. The molecule has 28 heavy (non-hydrogen) atoms. The lowest BCUT2D eigenvalue weighted by Gasteiger charge is -2.20. The van der Waals surface area contributed by atoms with E-state index in [0.29, 0.717) is 12.0 Å². The molecular weight excluding hydrogens is 399 g/mol. The summed E-state index contributed by atoms with van der Waals surface area (Å²) in [7, 11) is -2.90. The number of esters is 1. The van der Waals surface area contributed by atoms with Crippen molar-refractivity contribution in [2.75, 3.05) is 7.11 Å². The zero-order chi connectivity index (χ0) is 20.5. The lowest BCUT2D eigenvalue weighted by atomic mass is 10.0. The number of alkyl halides is 3. The number of nitrogens with one attached hydrogen (secondary N) is 1. The number of benzene rings is 2. The second-order valence-electron chi connectivity index (χ2n) is 6.15. The van der Waals surface area contributed by atoms with E-state index in [-0.39, 0.29) is 4.90 Å². The highest BCUT2D eigenvalue weighted by molar-refractivity contribution is 7.89. The van der Waals surface area contributed by atoms with Crippen molar-refractivity contribution in [3.05, 3.63) is 59.7 Å². The lowest BCUT2D eigenvalue weighted by Crippen LogP contribution is -2.35. The maximum absolute atomic E-state index is 12.7. The van der Waals surface area contributed by atoms with Gasteiger partial charge in [0.05, 0.1) is 24.0 Å². The Kier molecular flexibility index (Phi) is 5.35. The van der Waals surface area contributed by atoms with E-state index in [1.54, 1.807) is 24.3 Å². The first-order chi connectivity index (χ1) is 13.1. The number of carbonyl (C=O) groups is 1. The van der Waals surface area contributed by atoms with Gasteiger partial charge >= 0.3 is 12.3 Å². The summed E-state index contributed by atoms with van der Waals surface area (Å²) in [5.74, 6) is -1.84. The van der Waals surface area contributed by atoms with Crippen molar-refractivity contribution in [2.45, 2.75) is 23.7 Å². The summed E-state index contributed by atoms with van der Waals surface area (Å²) in [4.78, 5) is 11.9. The SMILES string of the molecule is COC(=O)[C@H]1Cc2ccccc2[C@@H]1NS(=O)(=O)c1ccc(OC(F)(F)F)cc1. The molecule has 0 spiro atoms. The molecule has 2 aromatic rings.